The molecular weight excluding hydrogens is 400 g/mol. The zero-order valence-corrected chi connectivity index (χ0v) is 15.8. The molecule has 1 aliphatic rings. The summed E-state index contributed by atoms with van der Waals surface area (Å²) in [5.41, 5.74) is 0.786. The third-order valence-electron chi connectivity index (χ3n) is 4.46. The number of aliphatic hydroxyl groups excluding tert-OH is 1. The molecule has 0 radical (unpaired) electrons. The summed E-state index contributed by atoms with van der Waals surface area (Å²) < 4.78 is 55.1. The van der Waals surface area contributed by atoms with Crippen LogP contribution in [0, 0.1) is 11.6 Å². The average molecular weight is 418 g/mol. The molecule has 3 N–H and O–H groups in total. The van der Waals surface area contributed by atoms with E-state index < -0.39 is 40.2 Å². The average Bonchev–Trinajstić information content (AvgIpc) is 2.60. The normalized spacial score (nSPS) is 23.7. The van der Waals surface area contributed by atoms with E-state index >= 15 is 0 Å². The van der Waals surface area contributed by atoms with E-state index in [1.807, 2.05) is 0 Å². The lowest BCUT2D eigenvalue weighted by molar-refractivity contribution is 0.102. The molecule has 0 aromatic heterocycles. The number of nitrogens with one attached hydrogen (secondary N) is 2. The number of rotatable bonds is 4. The lowest BCUT2D eigenvalue weighted by Gasteiger charge is -2.39. The molecule has 10 heteroatoms. The van der Waals surface area contributed by atoms with Crippen LogP contribution >= 0.6 is 11.6 Å². The molecule has 0 saturated carbocycles. The Balaban J connectivity index is 1.84. The van der Waals surface area contributed by atoms with Crippen LogP contribution in [0.5, 0.6) is 0 Å². The van der Waals surface area contributed by atoms with Crippen LogP contribution in [0.15, 0.2) is 42.5 Å². The van der Waals surface area contributed by atoms with Gasteiger partial charge in [0.05, 0.1) is 11.1 Å². The second-order valence-electron chi connectivity index (χ2n) is 6.27. The summed E-state index contributed by atoms with van der Waals surface area (Å²) in [7, 11) is -2.57. The van der Waals surface area contributed by atoms with E-state index in [9.17, 15) is 22.3 Å². The fourth-order valence-electron chi connectivity index (χ4n) is 2.99. The maximum Gasteiger partial charge on any atom is 0.280 e. The smallest absolute Gasteiger partial charge is 0.280 e. The largest absolute Gasteiger partial charge is 0.372 e. The minimum Gasteiger partial charge on any atom is -0.372 e. The quantitative estimate of drug-likeness (QED) is 0.668. The van der Waals surface area contributed by atoms with Crippen molar-refractivity contribution >= 4 is 27.5 Å². The van der Waals surface area contributed by atoms with Crippen LogP contribution in [0.3, 0.4) is 0 Å². The predicted octanol–water partition coefficient (Wildman–Crippen LogP) is 2.63. The molecule has 0 bridgehead atoms. The van der Waals surface area contributed by atoms with Crippen LogP contribution in [0.1, 0.15) is 18.0 Å². The molecule has 2 aromatic carbocycles. The van der Waals surface area contributed by atoms with E-state index in [2.05, 4.69) is 10.0 Å². The van der Waals surface area contributed by atoms with E-state index in [0.29, 0.717) is 11.3 Å². The number of benzene rings is 2. The Morgan fingerprint density at radius 2 is 2.04 bits per heavy atom. The van der Waals surface area contributed by atoms with Crippen molar-refractivity contribution in [3.05, 3.63) is 64.7 Å². The van der Waals surface area contributed by atoms with Crippen LogP contribution in [-0.2, 0) is 10.2 Å². The number of likely N-dealkylation sites (N-methyl/N-ethyl adjacent to an activating group) is 1. The Morgan fingerprint density at radius 3 is 2.70 bits per heavy atom. The van der Waals surface area contributed by atoms with Crippen molar-refractivity contribution in [2.45, 2.75) is 24.7 Å². The van der Waals surface area contributed by atoms with Crippen molar-refractivity contribution in [1.82, 2.24) is 9.03 Å². The number of nitrogens with zero attached hydrogens (tertiary/aromatic N) is 1. The highest BCUT2D eigenvalue weighted by Gasteiger charge is 2.40. The monoisotopic (exact) mass is 417 g/mol. The van der Waals surface area contributed by atoms with Gasteiger partial charge in [-0.1, -0.05) is 23.7 Å². The van der Waals surface area contributed by atoms with Gasteiger partial charge >= 0.3 is 0 Å². The van der Waals surface area contributed by atoms with Crippen LogP contribution in [0.2, 0.25) is 5.02 Å². The molecule has 3 atom stereocenters. The Bertz CT molecular complexity index is 945. The Labute approximate surface area is 160 Å². The van der Waals surface area contributed by atoms with Gasteiger partial charge in [-0.3, -0.25) is 0 Å². The van der Waals surface area contributed by atoms with Crippen LogP contribution < -0.4 is 10.0 Å². The topological polar surface area (TPSA) is 81.7 Å². The molecule has 3 rings (SSSR count). The molecule has 0 aliphatic carbocycles. The standard InChI is InChI=1S/C17H18ClF2N3O3S/c1-23-16(17(24)21-12-5-6-14(20)13(18)8-12)9-15(22-27(23,25)26)10-3-2-4-11(19)7-10/h2-8,15-17,21-22,24H,9H2,1H3/t15?,16-,17?/m1/s1. The number of halogens is 3. The molecule has 27 heavy (non-hydrogen) atoms. The third kappa shape index (κ3) is 4.39. The van der Waals surface area contributed by atoms with Crippen LogP contribution in [-0.4, -0.2) is 37.1 Å². The molecule has 0 amide bonds. The second kappa shape index (κ2) is 7.69. The zero-order chi connectivity index (χ0) is 19.8. The lowest BCUT2D eigenvalue weighted by atomic mass is 9.99. The van der Waals surface area contributed by atoms with Crippen molar-refractivity contribution in [3.63, 3.8) is 0 Å². The molecule has 2 unspecified atom stereocenters. The number of anilines is 1. The number of aliphatic hydroxyl groups is 1. The molecule has 1 heterocycles. The van der Waals surface area contributed by atoms with Gasteiger partial charge in [0.2, 0.25) is 0 Å². The van der Waals surface area contributed by atoms with E-state index in [4.69, 9.17) is 11.6 Å². The van der Waals surface area contributed by atoms with Gasteiger partial charge in [0.25, 0.3) is 10.2 Å². The molecule has 0 spiro atoms. The number of hydrogen-bond donors (Lipinski definition) is 3. The van der Waals surface area contributed by atoms with E-state index in [1.165, 1.54) is 37.4 Å². The van der Waals surface area contributed by atoms with Crippen molar-refractivity contribution < 1.29 is 22.3 Å². The fraction of sp³-hybridized carbons (Fsp3) is 0.294. The maximum atomic E-state index is 13.5. The van der Waals surface area contributed by atoms with Gasteiger partial charge in [-0.2, -0.15) is 17.4 Å². The first-order chi connectivity index (χ1) is 12.7. The summed E-state index contributed by atoms with van der Waals surface area (Å²) in [4.78, 5) is 0. The summed E-state index contributed by atoms with van der Waals surface area (Å²) in [6, 6.07) is 7.85. The van der Waals surface area contributed by atoms with Gasteiger partial charge in [-0.05, 0) is 42.3 Å². The van der Waals surface area contributed by atoms with Gasteiger partial charge < -0.3 is 10.4 Å². The van der Waals surface area contributed by atoms with Gasteiger partial charge in [-0.15, -0.1) is 0 Å². The highest BCUT2D eigenvalue weighted by molar-refractivity contribution is 7.87. The van der Waals surface area contributed by atoms with Crippen molar-refractivity contribution in [1.29, 1.82) is 0 Å². The zero-order valence-electron chi connectivity index (χ0n) is 14.2. The van der Waals surface area contributed by atoms with E-state index in [0.717, 1.165) is 10.4 Å². The molecule has 1 saturated heterocycles. The first-order valence-corrected chi connectivity index (χ1v) is 9.89. The minimum atomic E-state index is -3.90. The van der Waals surface area contributed by atoms with Crippen molar-refractivity contribution in [3.8, 4) is 0 Å². The molecule has 1 aliphatic heterocycles. The summed E-state index contributed by atoms with van der Waals surface area (Å²) in [5.74, 6) is -1.09. The van der Waals surface area contributed by atoms with Crippen molar-refractivity contribution in [2.75, 3.05) is 12.4 Å². The Morgan fingerprint density at radius 1 is 1.30 bits per heavy atom. The van der Waals surface area contributed by atoms with Crippen LogP contribution in [0.4, 0.5) is 14.5 Å². The van der Waals surface area contributed by atoms with Gasteiger partial charge in [0.1, 0.15) is 17.9 Å². The minimum absolute atomic E-state index is 0.129. The highest BCUT2D eigenvalue weighted by Crippen LogP contribution is 2.30. The van der Waals surface area contributed by atoms with Gasteiger partial charge in [0, 0.05) is 18.8 Å². The summed E-state index contributed by atoms with van der Waals surface area (Å²) >= 11 is 5.73. The summed E-state index contributed by atoms with van der Waals surface area (Å²) in [6.07, 6.45) is -1.12. The molecule has 6 nitrogen and oxygen atoms in total. The molecule has 1 fully saturated rings. The first kappa shape index (κ1) is 20.0. The first-order valence-electron chi connectivity index (χ1n) is 8.08. The second-order valence-corrected chi connectivity index (χ2v) is 8.44. The molecular formula is C17H18ClF2N3O3S. The summed E-state index contributed by atoms with van der Waals surface area (Å²) in [5, 5.41) is 13.2. The van der Waals surface area contributed by atoms with Crippen LogP contribution in [0.25, 0.3) is 0 Å². The number of hydrogen-bond acceptors (Lipinski definition) is 4. The molecule has 2 aromatic rings. The Hall–Kier alpha value is -1.78. The third-order valence-corrected chi connectivity index (χ3v) is 6.37. The lowest BCUT2D eigenvalue weighted by Crippen LogP contribution is -2.57. The highest BCUT2D eigenvalue weighted by atomic mass is 35.5. The SMILES string of the molecule is CN1[C@@H](C(O)Nc2ccc(F)c(Cl)c2)CC(c2cccc(F)c2)NS1(=O)=O. The Kier molecular flexibility index (Phi) is 5.68. The van der Waals surface area contributed by atoms with Gasteiger partial charge in [-0.25, -0.2) is 8.78 Å². The van der Waals surface area contributed by atoms with E-state index in [-0.39, 0.29) is 11.4 Å². The molecule has 146 valence electrons. The van der Waals surface area contributed by atoms with E-state index in [1.54, 1.807) is 6.07 Å². The summed E-state index contributed by atoms with van der Waals surface area (Å²) in [6.45, 7) is 0. The fourth-order valence-corrected chi connectivity index (χ4v) is 4.48. The maximum absolute atomic E-state index is 13.5. The predicted molar refractivity (Wildman–Crippen MR) is 98.4 cm³/mol. The van der Waals surface area contributed by atoms with Crippen molar-refractivity contribution in [2.24, 2.45) is 0 Å². The van der Waals surface area contributed by atoms with Gasteiger partial charge in [0.15, 0.2) is 0 Å².